The van der Waals surface area contributed by atoms with Crippen molar-refractivity contribution in [2.45, 2.75) is 33.1 Å². The Labute approximate surface area is 192 Å². The van der Waals surface area contributed by atoms with Crippen molar-refractivity contribution in [1.29, 1.82) is 0 Å². The van der Waals surface area contributed by atoms with Crippen LogP contribution >= 0.6 is 15.9 Å². The number of carbonyl (C=O) groups excluding carboxylic acids is 1. The Morgan fingerprint density at radius 2 is 1.87 bits per heavy atom. The van der Waals surface area contributed by atoms with E-state index < -0.39 is 0 Å². The monoisotopic (exact) mass is 480 g/mol. The molecule has 162 valence electrons. The number of hydrogen-bond donors (Lipinski definition) is 0. The minimum atomic E-state index is 0.247. The van der Waals surface area contributed by atoms with Crippen LogP contribution in [0.5, 0.6) is 0 Å². The zero-order valence-corrected chi connectivity index (χ0v) is 19.8. The summed E-state index contributed by atoms with van der Waals surface area (Å²) in [4.78, 5) is 26.8. The molecule has 1 fully saturated rings. The quantitative estimate of drug-likeness (QED) is 0.445. The van der Waals surface area contributed by atoms with Crippen LogP contribution in [-0.4, -0.2) is 47.0 Å². The Hall–Kier alpha value is -2.47. The van der Waals surface area contributed by atoms with Gasteiger partial charge in [-0.2, -0.15) is 0 Å². The highest BCUT2D eigenvalue weighted by molar-refractivity contribution is 9.10. The Bertz CT molecular complexity index is 1060. The van der Waals surface area contributed by atoms with Crippen molar-refractivity contribution in [3.05, 3.63) is 53.0 Å². The number of benzene rings is 2. The Kier molecular flexibility index (Phi) is 6.86. The maximum absolute atomic E-state index is 12.7. The molecule has 0 radical (unpaired) electrons. The number of anilines is 1. The normalized spacial score (nSPS) is 13.9. The maximum atomic E-state index is 12.7. The van der Waals surface area contributed by atoms with E-state index >= 15 is 0 Å². The van der Waals surface area contributed by atoms with Crippen LogP contribution < -0.4 is 4.90 Å². The van der Waals surface area contributed by atoms with E-state index in [9.17, 15) is 4.79 Å². The number of amides is 1. The van der Waals surface area contributed by atoms with Gasteiger partial charge >= 0.3 is 0 Å². The van der Waals surface area contributed by atoms with Crippen molar-refractivity contribution >= 4 is 38.6 Å². The number of likely N-dealkylation sites (tertiary alicyclic amines) is 1. The van der Waals surface area contributed by atoms with E-state index in [1.165, 1.54) is 0 Å². The Balaban J connectivity index is 1.71. The van der Waals surface area contributed by atoms with Gasteiger partial charge in [-0.3, -0.25) is 4.79 Å². The fourth-order valence-corrected chi connectivity index (χ4v) is 4.54. The lowest BCUT2D eigenvalue weighted by molar-refractivity contribution is -0.129. The van der Waals surface area contributed by atoms with E-state index in [0.29, 0.717) is 24.7 Å². The number of halogens is 1. The molecule has 0 atom stereocenters. The molecule has 2 aromatic carbocycles. The van der Waals surface area contributed by atoms with Gasteiger partial charge in [-0.05, 0) is 43.0 Å². The summed E-state index contributed by atoms with van der Waals surface area (Å²) >= 11 is 3.55. The molecule has 1 aliphatic rings. The summed E-state index contributed by atoms with van der Waals surface area (Å²) < 4.78 is 0.999. The van der Waals surface area contributed by atoms with Crippen molar-refractivity contribution < 1.29 is 4.79 Å². The molecule has 2 heterocycles. The SMILES string of the molecule is CC(C)CN(CCC(=O)N1CCCC1)c1nc(-c2cccc(Br)c2)nc2ccccc12. The lowest BCUT2D eigenvalue weighted by Crippen LogP contribution is -2.35. The molecule has 0 unspecified atom stereocenters. The number of rotatable bonds is 7. The van der Waals surface area contributed by atoms with Crippen LogP contribution in [0.1, 0.15) is 33.1 Å². The molecule has 0 bridgehead atoms. The Morgan fingerprint density at radius 3 is 2.61 bits per heavy atom. The summed E-state index contributed by atoms with van der Waals surface area (Å²) in [5.74, 6) is 2.31. The lowest BCUT2D eigenvalue weighted by atomic mass is 10.1. The lowest BCUT2D eigenvalue weighted by Gasteiger charge is -2.28. The van der Waals surface area contributed by atoms with Crippen LogP contribution in [0.2, 0.25) is 0 Å². The maximum Gasteiger partial charge on any atom is 0.224 e. The minimum Gasteiger partial charge on any atom is -0.355 e. The smallest absolute Gasteiger partial charge is 0.224 e. The summed E-state index contributed by atoms with van der Waals surface area (Å²) in [5, 5.41) is 1.02. The third-order valence-electron chi connectivity index (χ3n) is 5.61. The van der Waals surface area contributed by atoms with Crippen LogP contribution in [0.4, 0.5) is 5.82 Å². The highest BCUT2D eigenvalue weighted by atomic mass is 79.9. The summed E-state index contributed by atoms with van der Waals surface area (Å²) in [6.07, 6.45) is 2.75. The summed E-state index contributed by atoms with van der Waals surface area (Å²) in [6.45, 7) is 7.69. The van der Waals surface area contributed by atoms with E-state index in [4.69, 9.17) is 9.97 Å². The first-order chi connectivity index (χ1) is 15.0. The minimum absolute atomic E-state index is 0.247. The first-order valence-electron chi connectivity index (χ1n) is 11.1. The molecule has 1 saturated heterocycles. The number of nitrogens with zero attached hydrogens (tertiary/aromatic N) is 4. The van der Waals surface area contributed by atoms with Crippen LogP contribution in [0.15, 0.2) is 53.0 Å². The standard InChI is InChI=1S/C25H29BrN4O/c1-18(2)17-30(15-12-23(31)29-13-5-6-14-29)25-21-10-3-4-11-22(21)27-24(28-25)19-8-7-9-20(26)16-19/h3-4,7-11,16,18H,5-6,12-15,17H2,1-2H3. The van der Waals surface area contributed by atoms with Crippen LogP contribution in [0.25, 0.3) is 22.3 Å². The van der Waals surface area contributed by atoms with E-state index in [0.717, 1.165) is 59.2 Å². The second-order valence-corrected chi connectivity index (χ2v) is 9.49. The molecular formula is C25H29BrN4O. The molecule has 4 rings (SSSR count). The Morgan fingerprint density at radius 1 is 1.10 bits per heavy atom. The van der Waals surface area contributed by atoms with E-state index in [1.807, 2.05) is 47.4 Å². The fourth-order valence-electron chi connectivity index (χ4n) is 4.14. The van der Waals surface area contributed by atoms with Crippen molar-refractivity contribution in [3.63, 3.8) is 0 Å². The number of fused-ring (bicyclic) bond motifs is 1. The molecule has 3 aromatic rings. The van der Waals surface area contributed by atoms with E-state index in [1.54, 1.807) is 0 Å². The zero-order valence-electron chi connectivity index (χ0n) is 18.2. The van der Waals surface area contributed by atoms with Gasteiger partial charge in [0.05, 0.1) is 5.52 Å². The topological polar surface area (TPSA) is 49.3 Å². The van der Waals surface area contributed by atoms with E-state index in [2.05, 4.69) is 40.7 Å². The second kappa shape index (κ2) is 9.77. The van der Waals surface area contributed by atoms with Gasteiger partial charge in [-0.1, -0.05) is 54.0 Å². The summed E-state index contributed by atoms with van der Waals surface area (Å²) in [5.41, 5.74) is 1.89. The zero-order chi connectivity index (χ0) is 21.8. The predicted molar refractivity (Wildman–Crippen MR) is 130 cm³/mol. The molecule has 6 heteroatoms. The predicted octanol–water partition coefficient (Wildman–Crippen LogP) is 5.53. The van der Waals surface area contributed by atoms with E-state index in [-0.39, 0.29) is 5.91 Å². The van der Waals surface area contributed by atoms with Gasteiger partial charge in [-0.15, -0.1) is 0 Å². The van der Waals surface area contributed by atoms with Gasteiger partial charge in [0.1, 0.15) is 5.82 Å². The molecule has 0 N–H and O–H groups in total. The average Bonchev–Trinajstić information content (AvgIpc) is 3.30. The van der Waals surface area contributed by atoms with Crippen LogP contribution in [0.3, 0.4) is 0 Å². The number of carbonyl (C=O) groups is 1. The molecule has 0 spiro atoms. The van der Waals surface area contributed by atoms with Crippen LogP contribution in [0, 0.1) is 5.92 Å². The van der Waals surface area contributed by atoms with Gasteiger partial charge in [0.25, 0.3) is 0 Å². The van der Waals surface area contributed by atoms with Gasteiger partial charge in [-0.25, -0.2) is 9.97 Å². The van der Waals surface area contributed by atoms with Crippen molar-refractivity contribution in [2.24, 2.45) is 5.92 Å². The first-order valence-corrected chi connectivity index (χ1v) is 11.9. The first kappa shape index (κ1) is 21.8. The van der Waals surface area contributed by atoms with Crippen LogP contribution in [-0.2, 0) is 4.79 Å². The average molecular weight is 481 g/mol. The highest BCUT2D eigenvalue weighted by Gasteiger charge is 2.21. The second-order valence-electron chi connectivity index (χ2n) is 8.58. The fraction of sp³-hybridized carbons (Fsp3) is 0.400. The highest BCUT2D eigenvalue weighted by Crippen LogP contribution is 2.29. The van der Waals surface area contributed by atoms with Crippen molar-refractivity contribution in [2.75, 3.05) is 31.1 Å². The summed E-state index contributed by atoms with van der Waals surface area (Å²) in [7, 11) is 0. The third kappa shape index (κ3) is 5.24. The molecule has 1 amide bonds. The largest absolute Gasteiger partial charge is 0.355 e. The van der Waals surface area contributed by atoms with Gasteiger partial charge in [0.15, 0.2) is 5.82 Å². The van der Waals surface area contributed by atoms with Crippen molar-refractivity contribution in [1.82, 2.24) is 14.9 Å². The number of para-hydroxylation sites is 1. The summed E-state index contributed by atoms with van der Waals surface area (Å²) in [6, 6.07) is 16.2. The number of aromatic nitrogens is 2. The molecule has 0 aliphatic carbocycles. The molecule has 1 aliphatic heterocycles. The molecule has 1 aromatic heterocycles. The van der Waals surface area contributed by atoms with Gasteiger partial charge in [0.2, 0.25) is 5.91 Å². The van der Waals surface area contributed by atoms with Gasteiger partial charge in [0, 0.05) is 48.0 Å². The molecule has 0 saturated carbocycles. The van der Waals surface area contributed by atoms with Crippen molar-refractivity contribution in [3.8, 4) is 11.4 Å². The molecular weight excluding hydrogens is 452 g/mol. The third-order valence-corrected chi connectivity index (χ3v) is 6.10. The number of hydrogen-bond acceptors (Lipinski definition) is 4. The molecule has 31 heavy (non-hydrogen) atoms. The molecule has 5 nitrogen and oxygen atoms in total. The van der Waals surface area contributed by atoms with Gasteiger partial charge < -0.3 is 9.80 Å².